The fourth-order valence-corrected chi connectivity index (χ4v) is 3.44. The van der Waals surface area contributed by atoms with Crippen molar-refractivity contribution in [3.05, 3.63) is 59.4 Å². The maximum absolute atomic E-state index is 12.7. The van der Waals surface area contributed by atoms with Gasteiger partial charge in [0.2, 0.25) is 5.91 Å². The van der Waals surface area contributed by atoms with Crippen LogP contribution < -0.4 is 4.90 Å². The molecule has 4 rings (SSSR count). The Balaban J connectivity index is 1.52. The molecule has 4 nitrogen and oxygen atoms in total. The lowest BCUT2D eigenvalue weighted by Gasteiger charge is -2.17. The Hall–Kier alpha value is -2.62. The summed E-state index contributed by atoms with van der Waals surface area (Å²) in [6, 6.07) is 12.5. The van der Waals surface area contributed by atoms with Gasteiger partial charge in [-0.25, -0.2) is 4.98 Å². The van der Waals surface area contributed by atoms with Gasteiger partial charge < -0.3 is 9.47 Å². The number of benzene rings is 2. The molecule has 0 saturated carbocycles. The molecule has 0 bridgehead atoms. The molecule has 3 aromatic rings. The number of rotatable bonds is 3. The molecule has 0 N–H and O–H groups in total. The average molecular weight is 319 g/mol. The Bertz CT molecular complexity index is 926. The van der Waals surface area contributed by atoms with Crippen molar-refractivity contribution in [1.29, 1.82) is 0 Å². The SMILES string of the molecule is Cc1cc2ncn(CCC(=O)N3CCc4ccccc43)c2cc1C. The molecule has 0 atom stereocenters. The third-order valence-electron chi connectivity index (χ3n) is 4.99. The maximum atomic E-state index is 12.7. The fourth-order valence-electron chi connectivity index (χ4n) is 3.44. The van der Waals surface area contributed by atoms with Crippen molar-refractivity contribution in [3.63, 3.8) is 0 Å². The highest BCUT2D eigenvalue weighted by Crippen LogP contribution is 2.28. The van der Waals surface area contributed by atoms with Crippen LogP contribution in [0.25, 0.3) is 11.0 Å². The normalized spacial score (nSPS) is 13.5. The van der Waals surface area contributed by atoms with Crippen LogP contribution in [0, 0.1) is 13.8 Å². The molecule has 1 aliphatic rings. The summed E-state index contributed by atoms with van der Waals surface area (Å²) in [6.45, 7) is 5.66. The second-order valence-corrected chi connectivity index (χ2v) is 6.54. The lowest BCUT2D eigenvalue weighted by atomic mass is 10.1. The van der Waals surface area contributed by atoms with Crippen molar-refractivity contribution >= 4 is 22.6 Å². The van der Waals surface area contributed by atoms with E-state index in [0.29, 0.717) is 13.0 Å². The summed E-state index contributed by atoms with van der Waals surface area (Å²) in [4.78, 5) is 19.0. The van der Waals surface area contributed by atoms with Crippen molar-refractivity contribution in [3.8, 4) is 0 Å². The van der Waals surface area contributed by atoms with E-state index in [9.17, 15) is 4.79 Å². The maximum Gasteiger partial charge on any atom is 0.228 e. The van der Waals surface area contributed by atoms with Crippen LogP contribution in [0.5, 0.6) is 0 Å². The van der Waals surface area contributed by atoms with Crippen molar-refractivity contribution in [1.82, 2.24) is 9.55 Å². The monoisotopic (exact) mass is 319 g/mol. The fraction of sp³-hybridized carbons (Fsp3) is 0.300. The van der Waals surface area contributed by atoms with E-state index >= 15 is 0 Å². The molecule has 2 heterocycles. The summed E-state index contributed by atoms with van der Waals surface area (Å²) in [7, 11) is 0. The van der Waals surface area contributed by atoms with Gasteiger partial charge >= 0.3 is 0 Å². The number of anilines is 1. The molecule has 1 aliphatic heterocycles. The zero-order chi connectivity index (χ0) is 16.7. The molecule has 0 saturated heterocycles. The highest BCUT2D eigenvalue weighted by molar-refractivity contribution is 5.95. The summed E-state index contributed by atoms with van der Waals surface area (Å²) in [5.41, 5.74) is 6.95. The minimum atomic E-state index is 0.186. The van der Waals surface area contributed by atoms with Crippen LogP contribution in [0.3, 0.4) is 0 Å². The van der Waals surface area contributed by atoms with Crippen LogP contribution in [-0.2, 0) is 17.8 Å². The molecule has 0 unspecified atom stereocenters. The van der Waals surface area contributed by atoms with Gasteiger partial charge in [-0.15, -0.1) is 0 Å². The molecule has 122 valence electrons. The lowest BCUT2D eigenvalue weighted by molar-refractivity contribution is -0.118. The molecule has 1 amide bonds. The summed E-state index contributed by atoms with van der Waals surface area (Å²) < 4.78 is 2.08. The first-order valence-electron chi connectivity index (χ1n) is 8.44. The number of amides is 1. The Morgan fingerprint density at radius 2 is 1.96 bits per heavy atom. The lowest BCUT2D eigenvalue weighted by Crippen LogP contribution is -2.29. The number of imidazole rings is 1. The van der Waals surface area contributed by atoms with Crippen molar-refractivity contribution in [2.75, 3.05) is 11.4 Å². The Morgan fingerprint density at radius 1 is 1.17 bits per heavy atom. The summed E-state index contributed by atoms with van der Waals surface area (Å²) in [6.07, 6.45) is 3.29. The van der Waals surface area contributed by atoms with Crippen LogP contribution in [0.1, 0.15) is 23.1 Å². The van der Waals surface area contributed by atoms with Gasteiger partial charge in [0.25, 0.3) is 0 Å². The summed E-state index contributed by atoms with van der Waals surface area (Å²) in [5.74, 6) is 0.186. The quantitative estimate of drug-likeness (QED) is 0.739. The minimum absolute atomic E-state index is 0.186. The second kappa shape index (κ2) is 5.78. The molecule has 0 aliphatic carbocycles. The van der Waals surface area contributed by atoms with E-state index in [-0.39, 0.29) is 5.91 Å². The van der Waals surface area contributed by atoms with Crippen molar-refractivity contribution in [2.45, 2.75) is 33.2 Å². The minimum Gasteiger partial charge on any atom is -0.330 e. The zero-order valence-corrected chi connectivity index (χ0v) is 14.1. The largest absolute Gasteiger partial charge is 0.330 e. The number of nitrogens with zero attached hydrogens (tertiary/aromatic N) is 3. The first kappa shape index (κ1) is 14.9. The number of para-hydroxylation sites is 1. The molecule has 0 spiro atoms. The topological polar surface area (TPSA) is 38.1 Å². The predicted octanol–water partition coefficient (Wildman–Crippen LogP) is 3.63. The third-order valence-corrected chi connectivity index (χ3v) is 4.99. The molecule has 0 fully saturated rings. The van der Waals surface area contributed by atoms with Gasteiger partial charge in [0.05, 0.1) is 17.4 Å². The first-order valence-corrected chi connectivity index (χ1v) is 8.44. The molecule has 2 aromatic carbocycles. The van der Waals surface area contributed by atoms with Gasteiger partial charge in [-0.1, -0.05) is 18.2 Å². The number of fused-ring (bicyclic) bond motifs is 2. The average Bonchev–Trinajstić information content (AvgIpc) is 3.17. The molecule has 4 heteroatoms. The molecule has 0 radical (unpaired) electrons. The van der Waals surface area contributed by atoms with E-state index in [1.807, 2.05) is 29.4 Å². The number of hydrogen-bond donors (Lipinski definition) is 0. The Morgan fingerprint density at radius 3 is 2.83 bits per heavy atom. The van der Waals surface area contributed by atoms with Crippen LogP contribution in [0.15, 0.2) is 42.7 Å². The van der Waals surface area contributed by atoms with Gasteiger partial charge in [-0.2, -0.15) is 0 Å². The van der Waals surface area contributed by atoms with Crippen molar-refractivity contribution in [2.24, 2.45) is 0 Å². The predicted molar refractivity (Wildman–Crippen MR) is 96.3 cm³/mol. The van der Waals surface area contributed by atoms with Crippen molar-refractivity contribution < 1.29 is 4.79 Å². The van der Waals surface area contributed by atoms with Crippen LogP contribution >= 0.6 is 0 Å². The van der Waals surface area contributed by atoms with E-state index in [2.05, 4.69) is 41.6 Å². The highest BCUT2D eigenvalue weighted by Gasteiger charge is 2.23. The summed E-state index contributed by atoms with van der Waals surface area (Å²) >= 11 is 0. The molecular weight excluding hydrogens is 298 g/mol. The van der Waals surface area contributed by atoms with Crippen LogP contribution in [0.2, 0.25) is 0 Å². The van der Waals surface area contributed by atoms with E-state index in [0.717, 1.165) is 29.7 Å². The Kier molecular flexibility index (Phi) is 3.60. The van der Waals surface area contributed by atoms with Gasteiger partial charge in [-0.3, -0.25) is 4.79 Å². The van der Waals surface area contributed by atoms with Gasteiger partial charge in [0.15, 0.2) is 0 Å². The van der Waals surface area contributed by atoms with Crippen LogP contribution in [-0.4, -0.2) is 22.0 Å². The van der Waals surface area contributed by atoms with Gasteiger partial charge in [0, 0.05) is 25.2 Å². The van der Waals surface area contributed by atoms with E-state index in [1.165, 1.54) is 16.7 Å². The second-order valence-electron chi connectivity index (χ2n) is 6.54. The number of aryl methyl sites for hydroxylation is 3. The number of hydrogen-bond acceptors (Lipinski definition) is 2. The van der Waals surface area contributed by atoms with E-state index in [4.69, 9.17) is 0 Å². The molecule has 24 heavy (non-hydrogen) atoms. The summed E-state index contributed by atoms with van der Waals surface area (Å²) in [5, 5.41) is 0. The van der Waals surface area contributed by atoms with Gasteiger partial charge in [-0.05, 0) is 55.2 Å². The standard InChI is InChI=1S/C20H21N3O/c1-14-11-17-19(12-15(14)2)22(13-21-17)9-8-20(24)23-10-7-16-5-3-4-6-18(16)23/h3-6,11-13H,7-10H2,1-2H3. The number of aromatic nitrogens is 2. The zero-order valence-electron chi connectivity index (χ0n) is 14.1. The first-order chi connectivity index (χ1) is 11.6. The molecule has 1 aromatic heterocycles. The Labute approximate surface area is 141 Å². The van der Waals surface area contributed by atoms with E-state index in [1.54, 1.807) is 0 Å². The third kappa shape index (κ3) is 2.48. The van der Waals surface area contributed by atoms with Crippen LogP contribution in [0.4, 0.5) is 5.69 Å². The smallest absolute Gasteiger partial charge is 0.228 e. The van der Waals surface area contributed by atoms with Gasteiger partial charge in [0.1, 0.15) is 0 Å². The van der Waals surface area contributed by atoms with E-state index < -0.39 is 0 Å². The number of carbonyl (C=O) groups excluding carboxylic acids is 1. The molecular formula is C20H21N3O. The number of carbonyl (C=O) groups is 1. The highest BCUT2D eigenvalue weighted by atomic mass is 16.2.